The number of imidazole rings is 1. The minimum atomic E-state index is 0.224. The monoisotopic (exact) mass is 458 g/mol. The third kappa shape index (κ3) is 5.86. The number of aromatic nitrogens is 2. The quantitative estimate of drug-likeness (QED) is 0.379. The van der Waals surface area contributed by atoms with Crippen molar-refractivity contribution >= 4 is 16.9 Å². The highest BCUT2D eigenvalue weighted by Gasteiger charge is 2.18. The summed E-state index contributed by atoms with van der Waals surface area (Å²) in [5.41, 5.74) is 4.28. The summed E-state index contributed by atoms with van der Waals surface area (Å²) in [6.07, 6.45) is 10.1. The summed E-state index contributed by atoms with van der Waals surface area (Å²) in [5, 5.41) is 0. The summed E-state index contributed by atoms with van der Waals surface area (Å²) < 4.78 is 6.03. The van der Waals surface area contributed by atoms with Gasteiger partial charge in [0.2, 0.25) is 5.91 Å². The highest BCUT2D eigenvalue weighted by atomic mass is 16.5. The Morgan fingerprint density at radius 1 is 1.03 bits per heavy atom. The zero-order valence-electron chi connectivity index (χ0n) is 19.8. The van der Waals surface area contributed by atoms with Gasteiger partial charge in [-0.25, -0.2) is 4.98 Å². The van der Waals surface area contributed by atoms with Crippen molar-refractivity contribution in [3.63, 3.8) is 0 Å². The molecule has 1 fully saturated rings. The lowest BCUT2D eigenvalue weighted by Crippen LogP contribution is -2.29. The molecule has 1 N–H and O–H groups in total. The Balaban J connectivity index is 1.10. The first kappa shape index (κ1) is 22.7. The highest BCUT2D eigenvalue weighted by molar-refractivity contribution is 5.82. The van der Waals surface area contributed by atoms with Crippen molar-refractivity contribution in [3.05, 3.63) is 71.6 Å². The van der Waals surface area contributed by atoms with Gasteiger partial charge in [0.25, 0.3) is 0 Å². The van der Waals surface area contributed by atoms with Crippen molar-refractivity contribution in [2.75, 3.05) is 32.8 Å². The van der Waals surface area contributed by atoms with E-state index in [-0.39, 0.29) is 5.91 Å². The van der Waals surface area contributed by atoms with Crippen LogP contribution in [0.4, 0.5) is 0 Å². The van der Waals surface area contributed by atoms with Crippen molar-refractivity contribution in [2.45, 2.75) is 45.1 Å². The van der Waals surface area contributed by atoms with Crippen LogP contribution >= 0.6 is 0 Å². The van der Waals surface area contributed by atoms with Gasteiger partial charge in [0.15, 0.2) is 0 Å². The number of aromatic amines is 1. The summed E-state index contributed by atoms with van der Waals surface area (Å²) in [4.78, 5) is 25.0. The zero-order chi connectivity index (χ0) is 23.2. The van der Waals surface area contributed by atoms with E-state index in [4.69, 9.17) is 9.72 Å². The number of aryl methyl sites for hydroxylation is 1. The van der Waals surface area contributed by atoms with Gasteiger partial charge in [-0.05, 0) is 61.1 Å². The number of ether oxygens (including phenoxy) is 1. The van der Waals surface area contributed by atoms with Gasteiger partial charge in [0, 0.05) is 39.1 Å². The number of amides is 1. The first-order valence-electron chi connectivity index (χ1n) is 12.6. The maximum atomic E-state index is 12.4. The molecule has 34 heavy (non-hydrogen) atoms. The second kappa shape index (κ2) is 10.9. The number of benzene rings is 2. The van der Waals surface area contributed by atoms with Crippen LogP contribution in [0, 0.1) is 0 Å². The van der Waals surface area contributed by atoms with Crippen LogP contribution < -0.4 is 4.74 Å². The Labute approximate surface area is 201 Å². The molecule has 2 aliphatic rings. The number of nitrogens with zero attached hydrogens (tertiary/aromatic N) is 3. The normalized spacial score (nSPS) is 16.4. The molecule has 1 aromatic heterocycles. The summed E-state index contributed by atoms with van der Waals surface area (Å²) in [6, 6.07) is 14.6. The smallest absolute Gasteiger partial charge is 0.226 e. The number of likely N-dealkylation sites (tertiary alicyclic amines) is 1. The van der Waals surface area contributed by atoms with Gasteiger partial charge in [-0.15, -0.1) is 0 Å². The van der Waals surface area contributed by atoms with Gasteiger partial charge < -0.3 is 14.6 Å². The molecular weight excluding hydrogens is 424 g/mol. The number of hydrogen-bond acceptors (Lipinski definition) is 4. The SMILES string of the molecule is O=C(Cc1ccc2[nH]c(CCCOc3cccc(CN4CC=CCC4)c3)nc2c1)N1CCCC1. The van der Waals surface area contributed by atoms with E-state index in [2.05, 4.69) is 40.2 Å². The van der Waals surface area contributed by atoms with Gasteiger partial charge in [-0.1, -0.05) is 30.4 Å². The number of hydrogen-bond donors (Lipinski definition) is 1. The summed E-state index contributed by atoms with van der Waals surface area (Å²) in [5.74, 6) is 2.12. The number of H-pyrrole nitrogens is 1. The molecule has 2 aliphatic heterocycles. The molecule has 0 spiro atoms. The molecule has 178 valence electrons. The predicted molar refractivity (Wildman–Crippen MR) is 135 cm³/mol. The Hall–Kier alpha value is -3.12. The number of carbonyl (C=O) groups is 1. The Morgan fingerprint density at radius 2 is 1.94 bits per heavy atom. The summed E-state index contributed by atoms with van der Waals surface area (Å²) >= 11 is 0. The van der Waals surface area contributed by atoms with Crippen LogP contribution in [0.3, 0.4) is 0 Å². The minimum absolute atomic E-state index is 0.224. The Bertz CT molecular complexity index is 1150. The van der Waals surface area contributed by atoms with Crippen LogP contribution in [-0.4, -0.2) is 58.5 Å². The van der Waals surface area contributed by atoms with Gasteiger partial charge in [0.1, 0.15) is 11.6 Å². The molecule has 3 heterocycles. The van der Waals surface area contributed by atoms with Crippen molar-refractivity contribution < 1.29 is 9.53 Å². The molecule has 5 rings (SSSR count). The fourth-order valence-electron chi connectivity index (χ4n) is 4.84. The molecule has 0 saturated carbocycles. The maximum Gasteiger partial charge on any atom is 0.226 e. The fourth-order valence-corrected chi connectivity index (χ4v) is 4.84. The average Bonchev–Trinajstić information content (AvgIpc) is 3.53. The Kier molecular flexibility index (Phi) is 7.25. The number of carbonyl (C=O) groups excluding carboxylic acids is 1. The molecule has 0 radical (unpaired) electrons. The molecule has 0 bridgehead atoms. The lowest BCUT2D eigenvalue weighted by Gasteiger charge is -2.23. The zero-order valence-corrected chi connectivity index (χ0v) is 19.8. The van der Waals surface area contributed by atoms with Crippen LogP contribution in [-0.2, 0) is 24.2 Å². The van der Waals surface area contributed by atoms with Gasteiger partial charge in [-0.3, -0.25) is 9.69 Å². The van der Waals surface area contributed by atoms with Gasteiger partial charge >= 0.3 is 0 Å². The van der Waals surface area contributed by atoms with Crippen molar-refractivity contribution in [3.8, 4) is 5.75 Å². The number of nitrogens with one attached hydrogen (secondary N) is 1. The lowest BCUT2D eigenvalue weighted by atomic mass is 10.1. The van der Waals surface area contributed by atoms with E-state index in [1.165, 1.54) is 5.56 Å². The average molecular weight is 459 g/mol. The van der Waals surface area contributed by atoms with Gasteiger partial charge in [0.05, 0.1) is 24.1 Å². The van der Waals surface area contributed by atoms with E-state index < -0.39 is 0 Å². The van der Waals surface area contributed by atoms with E-state index in [0.717, 1.165) is 93.0 Å². The molecule has 2 aromatic carbocycles. The fraction of sp³-hybridized carbons (Fsp3) is 0.429. The van der Waals surface area contributed by atoms with E-state index in [1.807, 2.05) is 29.2 Å². The largest absolute Gasteiger partial charge is 0.494 e. The standard InChI is InChI=1S/C28H34N4O2/c33-28(32-15-4-5-16-32)20-22-11-12-25-26(19-22)30-27(29-25)10-7-17-34-24-9-6-8-23(18-24)21-31-13-2-1-3-14-31/h1-2,6,8-9,11-12,18-19H,3-5,7,10,13-17,20-21H2,(H,29,30). The molecule has 0 aliphatic carbocycles. The highest BCUT2D eigenvalue weighted by Crippen LogP contribution is 2.19. The number of rotatable bonds is 9. The van der Waals surface area contributed by atoms with Crippen LogP contribution in [0.5, 0.6) is 5.75 Å². The van der Waals surface area contributed by atoms with E-state index in [1.54, 1.807) is 0 Å². The second-order valence-electron chi connectivity index (χ2n) is 9.39. The predicted octanol–water partition coefficient (Wildman–Crippen LogP) is 4.50. The van der Waals surface area contributed by atoms with Crippen LogP contribution in [0.25, 0.3) is 11.0 Å². The molecule has 1 amide bonds. The molecule has 1 saturated heterocycles. The first-order chi connectivity index (χ1) is 16.7. The molecule has 3 aromatic rings. The molecule has 6 nitrogen and oxygen atoms in total. The van der Waals surface area contributed by atoms with Crippen molar-refractivity contribution in [1.82, 2.24) is 19.8 Å². The minimum Gasteiger partial charge on any atom is -0.494 e. The Morgan fingerprint density at radius 3 is 2.79 bits per heavy atom. The van der Waals surface area contributed by atoms with E-state index in [9.17, 15) is 4.79 Å². The van der Waals surface area contributed by atoms with Crippen LogP contribution in [0.15, 0.2) is 54.6 Å². The maximum absolute atomic E-state index is 12.4. The first-order valence-corrected chi connectivity index (χ1v) is 12.6. The topological polar surface area (TPSA) is 61.5 Å². The van der Waals surface area contributed by atoms with Crippen molar-refractivity contribution in [2.24, 2.45) is 0 Å². The molecule has 0 unspecified atom stereocenters. The molecule has 6 heteroatoms. The second-order valence-corrected chi connectivity index (χ2v) is 9.39. The third-order valence-electron chi connectivity index (χ3n) is 6.68. The molecule has 0 atom stereocenters. The summed E-state index contributed by atoms with van der Waals surface area (Å²) in [6.45, 7) is 5.56. The van der Waals surface area contributed by atoms with E-state index in [0.29, 0.717) is 13.0 Å². The molecular formula is C28H34N4O2. The third-order valence-corrected chi connectivity index (χ3v) is 6.68. The van der Waals surface area contributed by atoms with Crippen LogP contribution in [0.1, 0.15) is 42.6 Å². The van der Waals surface area contributed by atoms with E-state index >= 15 is 0 Å². The van der Waals surface area contributed by atoms with Crippen molar-refractivity contribution in [1.29, 1.82) is 0 Å². The lowest BCUT2D eigenvalue weighted by molar-refractivity contribution is -0.129. The van der Waals surface area contributed by atoms with Gasteiger partial charge in [-0.2, -0.15) is 0 Å². The van der Waals surface area contributed by atoms with Crippen LogP contribution in [0.2, 0.25) is 0 Å². The number of fused-ring (bicyclic) bond motifs is 1. The summed E-state index contributed by atoms with van der Waals surface area (Å²) in [7, 11) is 0.